The zero-order valence-electron chi connectivity index (χ0n) is 11.5. The van der Waals surface area contributed by atoms with E-state index in [2.05, 4.69) is 0 Å². The van der Waals surface area contributed by atoms with Crippen LogP contribution in [0.4, 0.5) is 0 Å². The Balaban J connectivity index is 2.02. The Morgan fingerprint density at radius 3 is 2.22 bits per heavy atom. The summed E-state index contributed by atoms with van der Waals surface area (Å²) in [6, 6.07) is 0. The number of carbonyl (C=O) groups is 1. The lowest BCUT2D eigenvalue weighted by Gasteiger charge is -2.49. The minimum Gasteiger partial charge on any atom is -0.386 e. The maximum atomic E-state index is 12.6. The summed E-state index contributed by atoms with van der Waals surface area (Å²) >= 11 is 0. The topological polar surface area (TPSA) is 66.6 Å². The van der Waals surface area contributed by atoms with Crippen LogP contribution in [-0.4, -0.2) is 41.1 Å². The molecule has 0 aromatic carbocycles. The standard InChI is InChI=1S/C14H26N2O2/c1-2-14(18)10-16(11-14)12(17)13(9-15)7-5-3-4-6-8-13/h18H,2-11,15H2,1H3. The quantitative estimate of drug-likeness (QED) is 0.745. The molecule has 0 aromatic rings. The average molecular weight is 254 g/mol. The smallest absolute Gasteiger partial charge is 0.230 e. The van der Waals surface area contributed by atoms with Crippen molar-refractivity contribution >= 4 is 5.91 Å². The van der Waals surface area contributed by atoms with Gasteiger partial charge in [0, 0.05) is 6.54 Å². The SMILES string of the molecule is CCC1(O)CN(C(=O)C2(CN)CCCCCC2)C1. The van der Waals surface area contributed by atoms with Crippen molar-refractivity contribution in [1.82, 2.24) is 4.90 Å². The van der Waals surface area contributed by atoms with Gasteiger partial charge in [-0.15, -0.1) is 0 Å². The van der Waals surface area contributed by atoms with Gasteiger partial charge < -0.3 is 15.7 Å². The van der Waals surface area contributed by atoms with Gasteiger partial charge in [0.1, 0.15) is 0 Å². The third kappa shape index (κ3) is 2.41. The van der Waals surface area contributed by atoms with Crippen LogP contribution in [0, 0.1) is 5.41 Å². The first-order valence-corrected chi connectivity index (χ1v) is 7.27. The summed E-state index contributed by atoms with van der Waals surface area (Å²) in [5, 5.41) is 10.0. The molecule has 1 aliphatic heterocycles. The molecule has 0 spiro atoms. The van der Waals surface area contributed by atoms with E-state index in [1.165, 1.54) is 12.8 Å². The Morgan fingerprint density at radius 1 is 1.22 bits per heavy atom. The highest BCUT2D eigenvalue weighted by molar-refractivity contribution is 5.84. The van der Waals surface area contributed by atoms with Crippen LogP contribution < -0.4 is 5.73 Å². The van der Waals surface area contributed by atoms with E-state index < -0.39 is 5.60 Å². The molecule has 1 saturated carbocycles. The molecule has 4 nitrogen and oxygen atoms in total. The molecule has 0 atom stereocenters. The molecule has 3 N–H and O–H groups in total. The fourth-order valence-corrected chi connectivity index (χ4v) is 3.28. The van der Waals surface area contributed by atoms with E-state index in [1.54, 1.807) is 0 Å². The Labute approximate surface area is 110 Å². The molecule has 2 aliphatic rings. The van der Waals surface area contributed by atoms with Gasteiger partial charge in [-0.05, 0) is 19.3 Å². The normalized spacial score (nSPS) is 26.3. The number of carbonyl (C=O) groups excluding carboxylic acids is 1. The predicted molar refractivity (Wildman–Crippen MR) is 71.0 cm³/mol. The first-order chi connectivity index (χ1) is 8.55. The number of rotatable bonds is 3. The first kappa shape index (κ1) is 13.8. The Hall–Kier alpha value is -0.610. The van der Waals surface area contributed by atoms with Gasteiger partial charge in [-0.3, -0.25) is 4.79 Å². The van der Waals surface area contributed by atoms with Gasteiger partial charge in [0.2, 0.25) is 5.91 Å². The number of likely N-dealkylation sites (tertiary alicyclic amines) is 1. The third-order valence-corrected chi connectivity index (χ3v) is 4.82. The van der Waals surface area contributed by atoms with Gasteiger partial charge in [0.15, 0.2) is 0 Å². The fourth-order valence-electron chi connectivity index (χ4n) is 3.28. The van der Waals surface area contributed by atoms with Crippen LogP contribution in [0.1, 0.15) is 51.9 Å². The summed E-state index contributed by atoms with van der Waals surface area (Å²) in [5.41, 5.74) is 4.93. The van der Waals surface area contributed by atoms with Crippen LogP contribution in [0.5, 0.6) is 0 Å². The van der Waals surface area contributed by atoms with E-state index in [-0.39, 0.29) is 11.3 Å². The van der Waals surface area contributed by atoms with E-state index in [9.17, 15) is 9.90 Å². The number of nitrogens with zero attached hydrogens (tertiary/aromatic N) is 1. The van der Waals surface area contributed by atoms with Gasteiger partial charge >= 0.3 is 0 Å². The van der Waals surface area contributed by atoms with Gasteiger partial charge in [-0.2, -0.15) is 0 Å². The highest BCUT2D eigenvalue weighted by atomic mass is 16.3. The second-order valence-corrected chi connectivity index (χ2v) is 6.14. The van der Waals surface area contributed by atoms with Crippen LogP contribution in [-0.2, 0) is 4.79 Å². The minimum absolute atomic E-state index is 0.185. The first-order valence-electron chi connectivity index (χ1n) is 7.27. The highest BCUT2D eigenvalue weighted by Crippen LogP contribution is 2.38. The molecule has 1 amide bonds. The van der Waals surface area contributed by atoms with Crippen molar-refractivity contribution in [2.75, 3.05) is 19.6 Å². The molecule has 0 aromatic heterocycles. The van der Waals surface area contributed by atoms with Crippen molar-refractivity contribution in [1.29, 1.82) is 0 Å². The zero-order chi connectivity index (χ0) is 13.2. The molecule has 0 unspecified atom stereocenters. The molecule has 1 saturated heterocycles. The molecule has 0 radical (unpaired) electrons. The monoisotopic (exact) mass is 254 g/mol. The maximum absolute atomic E-state index is 12.6. The average Bonchev–Trinajstić information content (AvgIpc) is 2.60. The van der Waals surface area contributed by atoms with Gasteiger partial charge in [-0.1, -0.05) is 32.6 Å². The van der Waals surface area contributed by atoms with Crippen molar-refractivity contribution in [2.45, 2.75) is 57.5 Å². The third-order valence-electron chi connectivity index (χ3n) is 4.82. The molecule has 1 aliphatic carbocycles. The second kappa shape index (κ2) is 5.17. The van der Waals surface area contributed by atoms with Crippen LogP contribution >= 0.6 is 0 Å². The zero-order valence-corrected chi connectivity index (χ0v) is 11.5. The molecular formula is C14H26N2O2. The lowest BCUT2D eigenvalue weighted by Crippen LogP contribution is -2.66. The van der Waals surface area contributed by atoms with Crippen molar-refractivity contribution in [3.63, 3.8) is 0 Å². The number of β-amino-alcohol motifs (C(OH)–C–C–N with tert-alkyl or cyclic N) is 1. The number of amides is 1. The summed E-state index contributed by atoms with van der Waals surface area (Å²) < 4.78 is 0. The molecule has 2 fully saturated rings. The summed E-state index contributed by atoms with van der Waals surface area (Å²) in [4.78, 5) is 14.4. The summed E-state index contributed by atoms with van der Waals surface area (Å²) in [7, 11) is 0. The molecule has 104 valence electrons. The summed E-state index contributed by atoms with van der Waals surface area (Å²) in [5.74, 6) is 0.185. The van der Waals surface area contributed by atoms with Gasteiger partial charge in [0.05, 0.1) is 24.1 Å². The second-order valence-electron chi connectivity index (χ2n) is 6.14. The Bertz CT molecular complexity index is 303. The van der Waals surface area contributed by atoms with Crippen molar-refractivity contribution in [3.8, 4) is 0 Å². The van der Waals surface area contributed by atoms with E-state index in [1.807, 2.05) is 11.8 Å². The molecule has 1 heterocycles. The minimum atomic E-state index is -0.643. The predicted octanol–water partition coefficient (Wildman–Crippen LogP) is 1.27. The molecule has 4 heteroatoms. The lowest BCUT2D eigenvalue weighted by molar-refractivity contribution is -0.166. The molecule has 0 bridgehead atoms. The van der Waals surface area contributed by atoms with E-state index in [0.717, 1.165) is 25.7 Å². The molecule has 2 rings (SSSR count). The largest absolute Gasteiger partial charge is 0.386 e. The molecule has 18 heavy (non-hydrogen) atoms. The van der Waals surface area contributed by atoms with E-state index >= 15 is 0 Å². The maximum Gasteiger partial charge on any atom is 0.230 e. The van der Waals surface area contributed by atoms with Crippen LogP contribution in [0.2, 0.25) is 0 Å². The van der Waals surface area contributed by atoms with Gasteiger partial charge in [-0.25, -0.2) is 0 Å². The van der Waals surface area contributed by atoms with Crippen molar-refractivity contribution in [2.24, 2.45) is 11.1 Å². The number of hydrogen-bond acceptors (Lipinski definition) is 3. The Kier molecular flexibility index (Phi) is 3.97. The van der Waals surface area contributed by atoms with E-state index in [4.69, 9.17) is 5.73 Å². The summed E-state index contributed by atoms with van der Waals surface area (Å²) in [6.45, 7) is 3.40. The van der Waals surface area contributed by atoms with Crippen LogP contribution in [0.25, 0.3) is 0 Å². The van der Waals surface area contributed by atoms with Crippen LogP contribution in [0.3, 0.4) is 0 Å². The van der Waals surface area contributed by atoms with E-state index in [0.29, 0.717) is 26.1 Å². The number of aliphatic hydroxyl groups is 1. The number of nitrogens with two attached hydrogens (primary N) is 1. The Morgan fingerprint density at radius 2 is 1.78 bits per heavy atom. The van der Waals surface area contributed by atoms with Gasteiger partial charge in [0.25, 0.3) is 0 Å². The van der Waals surface area contributed by atoms with Crippen LogP contribution in [0.15, 0.2) is 0 Å². The molecular weight excluding hydrogens is 228 g/mol. The summed E-state index contributed by atoms with van der Waals surface area (Å²) in [6.07, 6.45) is 7.20. The highest BCUT2D eigenvalue weighted by Gasteiger charge is 2.48. The lowest BCUT2D eigenvalue weighted by atomic mass is 9.77. The number of hydrogen-bond donors (Lipinski definition) is 2. The fraction of sp³-hybridized carbons (Fsp3) is 0.929. The van der Waals surface area contributed by atoms with Crippen molar-refractivity contribution < 1.29 is 9.90 Å². The van der Waals surface area contributed by atoms with Crippen molar-refractivity contribution in [3.05, 3.63) is 0 Å².